The van der Waals surface area contributed by atoms with E-state index in [-0.39, 0.29) is 17.3 Å². The molecule has 0 spiro atoms. The second kappa shape index (κ2) is 7.24. The Morgan fingerprint density at radius 3 is 2.00 bits per heavy atom. The molecule has 0 aliphatic carbocycles. The van der Waals surface area contributed by atoms with Crippen molar-refractivity contribution < 1.29 is 16.8 Å². The maximum atomic E-state index is 11.4. The van der Waals surface area contributed by atoms with Crippen molar-refractivity contribution in [1.29, 1.82) is 0 Å². The van der Waals surface area contributed by atoms with E-state index < -0.39 is 19.7 Å². The van der Waals surface area contributed by atoms with E-state index in [1.165, 1.54) is 0 Å². The molecule has 0 aliphatic heterocycles. The Morgan fingerprint density at radius 1 is 0.938 bits per heavy atom. The number of hydrogen-bond acceptors (Lipinski definition) is 5. The minimum atomic E-state index is -2.97. The summed E-state index contributed by atoms with van der Waals surface area (Å²) in [6.07, 6.45) is 2.71. The summed E-state index contributed by atoms with van der Waals surface area (Å²) in [5.41, 5.74) is 0. The van der Waals surface area contributed by atoms with Crippen LogP contribution in [0.4, 0.5) is 0 Å². The summed E-state index contributed by atoms with van der Waals surface area (Å²) in [7, 11) is -5.94. The van der Waals surface area contributed by atoms with Crippen molar-refractivity contribution in [1.82, 2.24) is 5.32 Å². The van der Waals surface area contributed by atoms with Gasteiger partial charge in [0.1, 0.15) is 9.84 Å². The standard InChI is InChI=1S/C9H21NO4S2/c1-3-4-7-16(13,14)9-6-10-5-8-15(2,11)12/h10H,3-9H2,1-2H3. The van der Waals surface area contributed by atoms with Gasteiger partial charge in [0.05, 0.1) is 17.3 Å². The van der Waals surface area contributed by atoms with Gasteiger partial charge in [0.15, 0.2) is 9.84 Å². The molecule has 98 valence electrons. The van der Waals surface area contributed by atoms with E-state index in [0.29, 0.717) is 19.5 Å². The van der Waals surface area contributed by atoms with E-state index in [9.17, 15) is 16.8 Å². The smallest absolute Gasteiger partial charge is 0.151 e. The fraction of sp³-hybridized carbons (Fsp3) is 1.00. The van der Waals surface area contributed by atoms with Gasteiger partial charge in [-0.15, -0.1) is 0 Å². The molecule has 0 aliphatic rings. The molecule has 0 saturated carbocycles. The summed E-state index contributed by atoms with van der Waals surface area (Å²) in [5.74, 6) is 0.343. The van der Waals surface area contributed by atoms with Gasteiger partial charge in [-0.3, -0.25) is 0 Å². The van der Waals surface area contributed by atoms with E-state index in [1.807, 2.05) is 6.92 Å². The molecule has 0 radical (unpaired) electrons. The van der Waals surface area contributed by atoms with Gasteiger partial charge in [0.2, 0.25) is 0 Å². The van der Waals surface area contributed by atoms with E-state index in [2.05, 4.69) is 5.32 Å². The minimum Gasteiger partial charge on any atom is -0.315 e. The molecular weight excluding hydrogens is 250 g/mol. The quantitative estimate of drug-likeness (QED) is 0.589. The summed E-state index contributed by atoms with van der Waals surface area (Å²) in [6, 6.07) is 0. The number of nitrogens with one attached hydrogen (secondary N) is 1. The summed E-state index contributed by atoms with van der Waals surface area (Å²) in [5, 5.41) is 2.82. The van der Waals surface area contributed by atoms with Crippen LogP contribution < -0.4 is 5.32 Å². The van der Waals surface area contributed by atoms with Gasteiger partial charge < -0.3 is 5.32 Å². The van der Waals surface area contributed by atoms with E-state index in [4.69, 9.17) is 0 Å². The third-order valence-electron chi connectivity index (χ3n) is 2.05. The molecule has 0 saturated heterocycles. The summed E-state index contributed by atoms with van der Waals surface area (Å²) < 4.78 is 44.3. The number of rotatable bonds is 9. The Balaban J connectivity index is 3.66. The highest BCUT2D eigenvalue weighted by Gasteiger charge is 2.09. The van der Waals surface area contributed by atoms with Crippen molar-refractivity contribution in [3.05, 3.63) is 0 Å². The number of unbranched alkanes of at least 4 members (excludes halogenated alkanes) is 1. The monoisotopic (exact) mass is 271 g/mol. The second-order valence-electron chi connectivity index (χ2n) is 3.89. The molecule has 0 rings (SSSR count). The average Bonchev–Trinajstić information content (AvgIpc) is 2.12. The van der Waals surface area contributed by atoms with Crippen molar-refractivity contribution in [2.75, 3.05) is 36.6 Å². The van der Waals surface area contributed by atoms with Crippen LogP contribution in [0.25, 0.3) is 0 Å². The SMILES string of the molecule is CCCCS(=O)(=O)CCNCCS(C)(=O)=O. The van der Waals surface area contributed by atoms with Gasteiger partial charge in [0, 0.05) is 19.3 Å². The van der Waals surface area contributed by atoms with Crippen LogP contribution in [0.5, 0.6) is 0 Å². The lowest BCUT2D eigenvalue weighted by atomic mass is 10.4. The topological polar surface area (TPSA) is 80.3 Å². The van der Waals surface area contributed by atoms with Gasteiger partial charge in [-0.05, 0) is 6.42 Å². The van der Waals surface area contributed by atoms with Crippen LogP contribution in [-0.2, 0) is 19.7 Å². The maximum Gasteiger partial charge on any atom is 0.151 e. The lowest BCUT2D eigenvalue weighted by molar-refractivity contribution is 0.587. The first kappa shape index (κ1) is 15.9. The maximum absolute atomic E-state index is 11.4. The van der Waals surface area contributed by atoms with Crippen LogP contribution in [0.15, 0.2) is 0 Å². The molecule has 0 fully saturated rings. The minimum absolute atomic E-state index is 0.0437. The molecular formula is C9H21NO4S2. The second-order valence-corrected chi connectivity index (χ2v) is 8.45. The van der Waals surface area contributed by atoms with Crippen LogP contribution in [0.1, 0.15) is 19.8 Å². The third-order valence-corrected chi connectivity index (χ3v) is 4.73. The molecule has 0 aromatic rings. The average molecular weight is 271 g/mol. The van der Waals surface area contributed by atoms with Gasteiger partial charge >= 0.3 is 0 Å². The van der Waals surface area contributed by atoms with Crippen LogP contribution in [-0.4, -0.2) is 53.4 Å². The largest absolute Gasteiger partial charge is 0.315 e. The lowest BCUT2D eigenvalue weighted by Gasteiger charge is -2.05. The van der Waals surface area contributed by atoms with Crippen LogP contribution in [0.3, 0.4) is 0 Å². The first-order chi connectivity index (χ1) is 7.27. The van der Waals surface area contributed by atoms with Crippen molar-refractivity contribution >= 4 is 19.7 Å². The Bertz CT molecular complexity index is 372. The molecule has 0 aromatic carbocycles. The summed E-state index contributed by atoms with van der Waals surface area (Å²) in [4.78, 5) is 0. The van der Waals surface area contributed by atoms with Crippen molar-refractivity contribution in [3.63, 3.8) is 0 Å². The number of sulfone groups is 2. The van der Waals surface area contributed by atoms with E-state index >= 15 is 0 Å². The zero-order chi connectivity index (χ0) is 12.7. The zero-order valence-electron chi connectivity index (χ0n) is 9.90. The van der Waals surface area contributed by atoms with Gasteiger partial charge in [-0.25, -0.2) is 16.8 Å². The van der Waals surface area contributed by atoms with E-state index in [0.717, 1.165) is 12.7 Å². The fourth-order valence-corrected chi connectivity index (χ4v) is 2.98. The Kier molecular flexibility index (Phi) is 7.17. The summed E-state index contributed by atoms with van der Waals surface area (Å²) in [6.45, 7) is 2.57. The molecule has 1 N–H and O–H groups in total. The molecule has 0 aromatic heterocycles. The van der Waals surface area contributed by atoms with Crippen molar-refractivity contribution in [2.45, 2.75) is 19.8 Å². The van der Waals surface area contributed by atoms with Crippen molar-refractivity contribution in [3.8, 4) is 0 Å². The molecule has 0 amide bonds. The van der Waals surface area contributed by atoms with Gasteiger partial charge in [-0.2, -0.15) is 0 Å². The molecule has 0 unspecified atom stereocenters. The molecule has 5 nitrogen and oxygen atoms in total. The molecule has 0 heterocycles. The van der Waals surface area contributed by atoms with Crippen LogP contribution >= 0.6 is 0 Å². The van der Waals surface area contributed by atoms with Crippen molar-refractivity contribution in [2.24, 2.45) is 0 Å². The molecule has 0 bridgehead atoms. The van der Waals surface area contributed by atoms with E-state index in [1.54, 1.807) is 0 Å². The van der Waals surface area contributed by atoms with Gasteiger partial charge in [0.25, 0.3) is 0 Å². The molecule has 7 heteroatoms. The highest BCUT2D eigenvalue weighted by molar-refractivity contribution is 7.91. The molecule has 16 heavy (non-hydrogen) atoms. The van der Waals surface area contributed by atoms with Gasteiger partial charge in [-0.1, -0.05) is 13.3 Å². The predicted octanol–water partition coefficient (Wildman–Crippen LogP) is -0.164. The Hall–Kier alpha value is -0.140. The third kappa shape index (κ3) is 10.4. The first-order valence-corrected chi connectivity index (χ1v) is 9.24. The predicted molar refractivity (Wildman–Crippen MR) is 66.1 cm³/mol. The van der Waals surface area contributed by atoms with Crippen LogP contribution in [0.2, 0.25) is 0 Å². The highest BCUT2D eigenvalue weighted by atomic mass is 32.2. The first-order valence-electron chi connectivity index (χ1n) is 5.36. The lowest BCUT2D eigenvalue weighted by Crippen LogP contribution is -2.28. The highest BCUT2D eigenvalue weighted by Crippen LogP contribution is 1.96. The fourth-order valence-electron chi connectivity index (χ4n) is 1.08. The number of hydrogen-bond donors (Lipinski definition) is 1. The Labute approximate surface area is 98.5 Å². The Morgan fingerprint density at radius 2 is 1.50 bits per heavy atom. The molecule has 0 atom stereocenters. The summed E-state index contributed by atoms with van der Waals surface area (Å²) >= 11 is 0. The normalized spacial score (nSPS) is 12.9. The van der Waals surface area contributed by atoms with Crippen LogP contribution in [0, 0.1) is 0 Å². The zero-order valence-corrected chi connectivity index (χ0v) is 11.5.